The summed E-state index contributed by atoms with van der Waals surface area (Å²) in [7, 11) is 1.69. The van der Waals surface area contributed by atoms with E-state index in [0.717, 1.165) is 34.0 Å². The van der Waals surface area contributed by atoms with E-state index >= 15 is 0 Å². The van der Waals surface area contributed by atoms with Crippen molar-refractivity contribution in [2.45, 2.75) is 13.8 Å². The molecule has 3 rings (SSSR count). The van der Waals surface area contributed by atoms with Crippen molar-refractivity contribution in [2.24, 2.45) is 0 Å². The number of nitrogens with one attached hydrogen (secondary N) is 1. The zero-order valence-corrected chi connectivity index (χ0v) is 14.2. The Morgan fingerprint density at radius 3 is 2.83 bits per heavy atom. The van der Waals surface area contributed by atoms with Crippen LogP contribution in [-0.2, 0) is 4.74 Å². The monoisotopic (exact) mass is 330 g/mol. The summed E-state index contributed by atoms with van der Waals surface area (Å²) in [5.41, 5.74) is 4.69. The molecule has 0 aliphatic carbocycles. The summed E-state index contributed by atoms with van der Waals surface area (Å²) in [5.74, 6) is 0.942. The van der Waals surface area contributed by atoms with Gasteiger partial charge < -0.3 is 10.1 Å². The molecule has 0 unspecified atom stereocenters. The highest BCUT2D eigenvalue weighted by molar-refractivity contribution is 6.30. The number of anilines is 1. The van der Waals surface area contributed by atoms with Gasteiger partial charge in [0.25, 0.3) is 0 Å². The minimum Gasteiger partial charge on any atom is -0.383 e. The lowest BCUT2D eigenvalue weighted by molar-refractivity contribution is 0.210. The Hall–Kier alpha value is -2.11. The molecule has 0 saturated carbocycles. The Balaban J connectivity index is 2.09. The molecule has 0 atom stereocenters. The first-order chi connectivity index (χ1) is 11.1. The van der Waals surface area contributed by atoms with Crippen LogP contribution in [0.2, 0.25) is 5.02 Å². The van der Waals surface area contributed by atoms with Gasteiger partial charge in [0.15, 0.2) is 5.65 Å². The molecule has 2 heterocycles. The third kappa shape index (κ3) is 3.16. The summed E-state index contributed by atoms with van der Waals surface area (Å²) < 4.78 is 6.95. The Kier molecular flexibility index (Phi) is 4.50. The number of ether oxygens (including phenoxy) is 1. The van der Waals surface area contributed by atoms with Gasteiger partial charge in [0.2, 0.25) is 0 Å². The van der Waals surface area contributed by atoms with Crippen LogP contribution in [0.1, 0.15) is 11.3 Å². The van der Waals surface area contributed by atoms with Crippen LogP contribution >= 0.6 is 11.6 Å². The van der Waals surface area contributed by atoms with Gasteiger partial charge in [-0.15, -0.1) is 0 Å². The first-order valence-electron chi connectivity index (χ1n) is 7.46. The van der Waals surface area contributed by atoms with E-state index in [4.69, 9.17) is 21.4 Å². The molecule has 0 radical (unpaired) electrons. The molecule has 2 aromatic heterocycles. The van der Waals surface area contributed by atoms with Gasteiger partial charge in [0.05, 0.1) is 12.3 Å². The first-order valence-corrected chi connectivity index (χ1v) is 7.83. The Bertz CT molecular complexity index is 844. The smallest absolute Gasteiger partial charge is 0.158 e. The fraction of sp³-hybridized carbons (Fsp3) is 0.294. The third-order valence-electron chi connectivity index (χ3n) is 3.80. The van der Waals surface area contributed by atoms with Crippen LogP contribution in [0.3, 0.4) is 0 Å². The van der Waals surface area contributed by atoms with E-state index in [2.05, 4.69) is 10.3 Å². The fourth-order valence-electron chi connectivity index (χ4n) is 2.47. The summed E-state index contributed by atoms with van der Waals surface area (Å²) in [4.78, 5) is 4.63. The molecule has 0 spiro atoms. The van der Waals surface area contributed by atoms with Crippen LogP contribution < -0.4 is 5.32 Å². The number of hydrogen-bond acceptors (Lipinski definition) is 4. The average molecular weight is 331 g/mol. The zero-order chi connectivity index (χ0) is 16.4. The van der Waals surface area contributed by atoms with Gasteiger partial charge in [-0.05, 0) is 26.0 Å². The third-order valence-corrected chi connectivity index (χ3v) is 4.04. The molecular formula is C17H19ClN4O. The average Bonchev–Trinajstić information content (AvgIpc) is 2.95. The van der Waals surface area contributed by atoms with Crippen LogP contribution in [0.25, 0.3) is 16.9 Å². The van der Waals surface area contributed by atoms with Gasteiger partial charge in [0, 0.05) is 41.6 Å². The summed E-state index contributed by atoms with van der Waals surface area (Å²) in [6.45, 7) is 5.38. The van der Waals surface area contributed by atoms with E-state index in [9.17, 15) is 0 Å². The zero-order valence-electron chi connectivity index (χ0n) is 13.4. The number of fused-ring (bicyclic) bond motifs is 1. The highest BCUT2D eigenvalue weighted by atomic mass is 35.5. The lowest BCUT2D eigenvalue weighted by Gasteiger charge is -2.12. The van der Waals surface area contributed by atoms with E-state index in [1.54, 1.807) is 7.11 Å². The van der Waals surface area contributed by atoms with E-state index in [-0.39, 0.29) is 0 Å². The maximum atomic E-state index is 6.08. The lowest BCUT2D eigenvalue weighted by Crippen LogP contribution is -2.13. The SMILES string of the molecule is COCCNc1c(C)c(C)nc2cc(-c3cccc(Cl)c3)nn12. The Morgan fingerprint density at radius 2 is 2.09 bits per heavy atom. The molecule has 0 fully saturated rings. The van der Waals surface area contributed by atoms with Crippen LogP contribution in [-0.4, -0.2) is 34.9 Å². The number of nitrogens with zero attached hydrogens (tertiary/aromatic N) is 3. The number of methoxy groups -OCH3 is 1. The van der Waals surface area contributed by atoms with E-state index < -0.39 is 0 Å². The molecule has 5 nitrogen and oxygen atoms in total. The molecule has 1 aromatic carbocycles. The molecule has 0 aliphatic rings. The highest BCUT2D eigenvalue weighted by Crippen LogP contribution is 2.26. The predicted octanol–water partition coefficient (Wildman–Crippen LogP) is 3.72. The van der Waals surface area contributed by atoms with Crippen molar-refractivity contribution in [3.05, 3.63) is 46.6 Å². The minimum atomic E-state index is 0.630. The molecule has 0 bridgehead atoms. The van der Waals surface area contributed by atoms with Gasteiger partial charge in [-0.25, -0.2) is 4.98 Å². The second kappa shape index (κ2) is 6.56. The van der Waals surface area contributed by atoms with Crippen molar-refractivity contribution in [2.75, 3.05) is 25.6 Å². The summed E-state index contributed by atoms with van der Waals surface area (Å²) >= 11 is 6.08. The molecule has 23 heavy (non-hydrogen) atoms. The number of rotatable bonds is 5. The molecule has 0 amide bonds. The molecule has 6 heteroatoms. The number of aryl methyl sites for hydroxylation is 1. The van der Waals surface area contributed by atoms with E-state index in [1.165, 1.54) is 0 Å². The first kappa shape index (κ1) is 15.8. The quantitative estimate of drug-likeness (QED) is 0.724. The second-order valence-electron chi connectivity index (χ2n) is 5.40. The van der Waals surface area contributed by atoms with Crippen molar-refractivity contribution in [1.82, 2.24) is 14.6 Å². The number of halogens is 1. The normalized spacial score (nSPS) is 11.1. The maximum Gasteiger partial charge on any atom is 0.158 e. The summed E-state index contributed by atoms with van der Waals surface area (Å²) in [6, 6.07) is 9.64. The standard InChI is InChI=1S/C17H19ClN4O/c1-11-12(2)20-16-10-15(13-5-4-6-14(18)9-13)21-22(16)17(11)19-7-8-23-3/h4-6,9-10,19H,7-8H2,1-3H3. The molecule has 0 aliphatic heterocycles. The lowest BCUT2D eigenvalue weighted by atomic mass is 10.1. The van der Waals surface area contributed by atoms with Crippen LogP contribution in [0, 0.1) is 13.8 Å². The topological polar surface area (TPSA) is 51.5 Å². The summed E-state index contributed by atoms with van der Waals surface area (Å²) in [6.07, 6.45) is 0. The molecule has 0 saturated heterocycles. The molecule has 1 N–H and O–H groups in total. The molecule has 120 valence electrons. The number of benzene rings is 1. The van der Waals surface area contributed by atoms with E-state index in [0.29, 0.717) is 18.2 Å². The highest BCUT2D eigenvalue weighted by Gasteiger charge is 2.13. The minimum absolute atomic E-state index is 0.630. The number of aromatic nitrogens is 3. The van der Waals surface area contributed by atoms with E-state index in [1.807, 2.05) is 48.7 Å². The Labute approximate surface area is 140 Å². The molecular weight excluding hydrogens is 312 g/mol. The fourth-order valence-corrected chi connectivity index (χ4v) is 2.66. The summed E-state index contributed by atoms with van der Waals surface area (Å²) in [5, 5.41) is 8.77. The van der Waals surface area contributed by atoms with Crippen LogP contribution in [0.4, 0.5) is 5.82 Å². The van der Waals surface area contributed by atoms with Gasteiger partial charge in [0.1, 0.15) is 5.82 Å². The van der Waals surface area contributed by atoms with Gasteiger partial charge in [-0.2, -0.15) is 9.61 Å². The van der Waals surface area contributed by atoms with Gasteiger partial charge in [-0.3, -0.25) is 0 Å². The van der Waals surface area contributed by atoms with Crippen molar-refractivity contribution in [3.63, 3.8) is 0 Å². The van der Waals surface area contributed by atoms with Crippen LogP contribution in [0.5, 0.6) is 0 Å². The predicted molar refractivity (Wildman–Crippen MR) is 93.3 cm³/mol. The van der Waals surface area contributed by atoms with Crippen LogP contribution in [0.15, 0.2) is 30.3 Å². The van der Waals surface area contributed by atoms with Gasteiger partial charge in [-0.1, -0.05) is 23.7 Å². The molecule has 3 aromatic rings. The van der Waals surface area contributed by atoms with Crippen molar-refractivity contribution >= 4 is 23.1 Å². The van der Waals surface area contributed by atoms with Gasteiger partial charge >= 0.3 is 0 Å². The Morgan fingerprint density at radius 1 is 1.26 bits per heavy atom. The number of hydrogen-bond donors (Lipinski definition) is 1. The maximum absolute atomic E-state index is 6.08. The second-order valence-corrected chi connectivity index (χ2v) is 5.84. The van der Waals surface area contributed by atoms with Crippen molar-refractivity contribution in [1.29, 1.82) is 0 Å². The van der Waals surface area contributed by atoms with Crippen molar-refractivity contribution in [3.8, 4) is 11.3 Å². The van der Waals surface area contributed by atoms with Crippen molar-refractivity contribution < 1.29 is 4.74 Å². The largest absolute Gasteiger partial charge is 0.383 e.